The summed E-state index contributed by atoms with van der Waals surface area (Å²) in [4.78, 5) is 30.6. The van der Waals surface area contributed by atoms with Gasteiger partial charge in [0.15, 0.2) is 0 Å². The first-order valence-corrected chi connectivity index (χ1v) is 11.7. The summed E-state index contributed by atoms with van der Waals surface area (Å²) in [6.07, 6.45) is 3.53. The molecule has 9 nitrogen and oxygen atoms in total. The van der Waals surface area contributed by atoms with Crippen LogP contribution in [0.3, 0.4) is 0 Å². The number of benzene rings is 2. The first-order valence-electron chi connectivity index (χ1n) is 11.7. The number of carbonyl (C=O) groups excluding carboxylic acids is 1. The van der Waals surface area contributed by atoms with Gasteiger partial charge in [0.05, 0.1) is 38.3 Å². The Morgan fingerprint density at radius 2 is 1.67 bits per heavy atom. The number of carboxylic acid groups (broad SMARTS) is 1. The minimum Gasteiger partial charge on any atom is -0.497 e. The number of hydrogen-bond donors (Lipinski definition) is 2. The number of hydrogen-bond acceptors (Lipinski definition) is 7. The first kappa shape index (κ1) is 24.8. The van der Waals surface area contributed by atoms with E-state index in [4.69, 9.17) is 19.3 Å². The van der Waals surface area contributed by atoms with Gasteiger partial charge in [-0.2, -0.15) is 0 Å². The van der Waals surface area contributed by atoms with Crippen LogP contribution in [0, 0.1) is 5.92 Å². The molecule has 1 saturated heterocycles. The molecule has 0 radical (unpaired) electrons. The number of aromatic nitrogens is 1. The average Bonchev–Trinajstić information content (AvgIpc) is 2.92. The second-order valence-electron chi connectivity index (χ2n) is 8.53. The number of nitrogens with one attached hydrogen (secondary N) is 1. The van der Waals surface area contributed by atoms with E-state index in [9.17, 15) is 9.59 Å². The van der Waals surface area contributed by atoms with Crippen LogP contribution in [0.5, 0.6) is 17.2 Å². The van der Waals surface area contributed by atoms with Gasteiger partial charge in [-0.25, -0.2) is 9.78 Å². The van der Waals surface area contributed by atoms with Gasteiger partial charge < -0.3 is 29.5 Å². The van der Waals surface area contributed by atoms with Crippen molar-refractivity contribution in [2.75, 3.05) is 44.1 Å². The Morgan fingerprint density at radius 1 is 0.972 bits per heavy atom. The molecular weight excluding hydrogens is 462 g/mol. The third kappa shape index (κ3) is 6.24. The molecule has 0 bridgehead atoms. The highest BCUT2D eigenvalue weighted by Gasteiger charge is 2.21. The number of carbonyl (C=O) groups is 2. The van der Waals surface area contributed by atoms with Crippen LogP contribution in [-0.4, -0.2) is 55.9 Å². The molecule has 1 amide bonds. The van der Waals surface area contributed by atoms with E-state index in [2.05, 4.69) is 15.2 Å². The molecule has 188 valence electrons. The molecule has 1 aromatic heterocycles. The van der Waals surface area contributed by atoms with Gasteiger partial charge in [-0.1, -0.05) is 6.07 Å². The predicted octanol–water partition coefficient (Wildman–Crippen LogP) is 4.34. The quantitative estimate of drug-likeness (QED) is 0.455. The van der Waals surface area contributed by atoms with E-state index in [1.54, 1.807) is 48.7 Å². The molecule has 0 saturated carbocycles. The lowest BCUT2D eigenvalue weighted by Crippen LogP contribution is -2.36. The van der Waals surface area contributed by atoms with Crippen LogP contribution in [0.25, 0.3) is 0 Å². The molecule has 1 aliphatic heterocycles. The van der Waals surface area contributed by atoms with E-state index < -0.39 is 5.97 Å². The molecule has 2 N–H and O–H groups in total. The van der Waals surface area contributed by atoms with Crippen molar-refractivity contribution in [3.05, 3.63) is 71.9 Å². The summed E-state index contributed by atoms with van der Waals surface area (Å²) in [5, 5.41) is 12.0. The van der Waals surface area contributed by atoms with E-state index in [1.165, 1.54) is 14.2 Å². The first-order chi connectivity index (χ1) is 17.4. The fourth-order valence-corrected chi connectivity index (χ4v) is 4.05. The number of piperidine rings is 1. The van der Waals surface area contributed by atoms with E-state index in [-0.39, 0.29) is 11.5 Å². The maximum Gasteiger partial charge on any atom is 0.335 e. The smallest absolute Gasteiger partial charge is 0.335 e. The summed E-state index contributed by atoms with van der Waals surface area (Å²) in [6.45, 7) is 2.22. The third-order valence-electron chi connectivity index (χ3n) is 6.12. The second kappa shape index (κ2) is 11.4. The van der Waals surface area contributed by atoms with E-state index >= 15 is 0 Å². The molecule has 2 heterocycles. The zero-order chi connectivity index (χ0) is 25.5. The van der Waals surface area contributed by atoms with Crippen LogP contribution in [-0.2, 0) is 0 Å². The number of amides is 1. The van der Waals surface area contributed by atoms with Crippen molar-refractivity contribution in [1.82, 2.24) is 4.98 Å². The highest BCUT2D eigenvalue weighted by molar-refractivity contribution is 6.04. The number of carboxylic acids is 1. The second-order valence-corrected chi connectivity index (χ2v) is 8.53. The summed E-state index contributed by atoms with van der Waals surface area (Å²) in [5.41, 5.74) is 1.24. The molecule has 0 spiro atoms. The van der Waals surface area contributed by atoms with Crippen LogP contribution in [0.2, 0.25) is 0 Å². The Bertz CT molecular complexity index is 1180. The topological polar surface area (TPSA) is 110 Å². The van der Waals surface area contributed by atoms with Crippen molar-refractivity contribution in [2.24, 2.45) is 5.92 Å². The van der Waals surface area contributed by atoms with Crippen molar-refractivity contribution in [3.63, 3.8) is 0 Å². The van der Waals surface area contributed by atoms with E-state index in [0.717, 1.165) is 31.7 Å². The lowest BCUT2D eigenvalue weighted by molar-refractivity contribution is 0.0696. The van der Waals surface area contributed by atoms with Gasteiger partial charge >= 0.3 is 5.97 Å². The van der Waals surface area contributed by atoms with E-state index in [0.29, 0.717) is 41.0 Å². The highest BCUT2D eigenvalue weighted by Crippen LogP contribution is 2.26. The highest BCUT2D eigenvalue weighted by atomic mass is 16.5. The standard InChI is InChI=1S/C27H29N3O6/c1-34-23-13-20(14-24(15-23)35-2)26(31)29-21-6-7-25(28-16-21)30-10-8-18(9-11-30)17-36-22-5-3-4-19(12-22)27(32)33/h3-7,12-16,18H,8-11,17H2,1-2H3,(H,29,31)(H,32,33). The summed E-state index contributed by atoms with van der Waals surface area (Å²) in [5.74, 6) is 1.64. The molecule has 36 heavy (non-hydrogen) atoms. The molecule has 9 heteroatoms. The number of pyridine rings is 1. The largest absolute Gasteiger partial charge is 0.497 e. The van der Waals surface area contributed by atoms with E-state index in [1.807, 2.05) is 12.1 Å². The minimum absolute atomic E-state index is 0.219. The number of nitrogens with zero attached hydrogens (tertiary/aromatic N) is 2. The molecule has 0 unspecified atom stereocenters. The zero-order valence-corrected chi connectivity index (χ0v) is 20.3. The normalized spacial score (nSPS) is 13.7. The summed E-state index contributed by atoms with van der Waals surface area (Å²) < 4.78 is 16.3. The van der Waals surface area contributed by atoms with Crippen LogP contribution >= 0.6 is 0 Å². The van der Waals surface area contributed by atoms with Crippen LogP contribution in [0.4, 0.5) is 11.5 Å². The number of ether oxygens (including phenoxy) is 3. The Hall–Kier alpha value is -4.27. The molecular formula is C27H29N3O6. The van der Waals surface area contributed by atoms with Gasteiger partial charge in [0.25, 0.3) is 5.91 Å². The zero-order valence-electron chi connectivity index (χ0n) is 20.3. The average molecular weight is 492 g/mol. The molecule has 1 fully saturated rings. The Balaban J connectivity index is 1.28. The monoisotopic (exact) mass is 491 g/mol. The molecule has 2 aromatic carbocycles. The minimum atomic E-state index is -0.965. The molecule has 1 aliphatic rings. The third-order valence-corrected chi connectivity index (χ3v) is 6.12. The van der Waals surface area contributed by atoms with Crippen LogP contribution in [0.1, 0.15) is 33.6 Å². The number of rotatable bonds is 9. The van der Waals surface area contributed by atoms with Crippen molar-refractivity contribution >= 4 is 23.4 Å². The van der Waals surface area contributed by atoms with Crippen LogP contribution < -0.4 is 24.4 Å². The number of aromatic carboxylic acids is 1. The maximum atomic E-state index is 12.7. The van der Waals surface area contributed by atoms with Crippen molar-refractivity contribution in [2.45, 2.75) is 12.8 Å². The lowest BCUT2D eigenvalue weighted by Gasteiger charge is -2.32. The Kier molecular flexibility index (Phi) is 7.89. The molecule has 3 aromatic rings. The van der Waals surface area contributed by atoms with Gasteiger partial charge in [-0.3, -0.25) is 4.79 Å². The number of anilines is 2. The van der Waals surface area contributed by atoms with Crippen molar-refractivity contribution in [3.8, 4) is 17.2 Å². The lowest BCUT2D eigenvalue weighted by atomic mass is 9.98. The maximum absolute atomic E-state index is 12.7. The molecule has 0 atom stereocenters. The SMILES string of the molecule is COc1cc(OC)cc(C(=O)Nc2ccc(N3CCC(COc4cccc(C(=O)O)c4)CC3)nc2)c1. The van der Waals surface area contributed by atoms with Crippen molar-refractivity contribution in [1.29, 1.82) is 0 Å². The molecule has 4 rings (SSSR count). The fraction of sp³-hybridized carbons (Fsp3) is 0.296. The molecule has 0 aliphatic carbocycles. The van der Waals surface area contributed by atoms with Gasteiger partial charge in [-0.15, -0.1) is 0 Å². The fourth-order valence-electron chi connectivity index (χ4n) is 4.05. The summed E-state index contributed by atoms with van der Waals surface area (Å²) >= 11 is 0. The summed E-state index contributed by atoms with van der Waals surface area (Å²) in [6, 6.07) is 15.3. The number of methoxy groups -OCH3 is 2. The summed E-state index contributed by atoms with van der Waals surface area (Å²) in [7, 11) is 3.07. The van der Waals surface area contributed by atoms with Crippen molar-refractivity contribution < 1.29 is 28.9 Å². The van der Waals surface area contributed by atoms with Gasteiger partial charge in [-0.05, 0) is 61.2 Å². The van der Waals surface area contributed by atoms with Gasteiger partial charge in [0.2, 0.25) is 0 Å². The predicted molar refractivity (Wildman–Crippen MR) is 136 cm³/mol. The Morgan fingerprint density at radius 3 is 2.28 bits per heavy atom. The Labute approximate surface area is 209 Å². The van der Waals surface area contributed by atoms with Gasteiger partial charge in [0, 0.05) is 24.7 Å². The van der Waals surface area contributed by atoms with Gasteiger partial charge in [0.1, 0.15) is 23.1 Å². The van der Waals surface area contributed by atoms with Crippen LogP contribution in [0.15, 0.2) is 60.8 Å².